The summed E-state index contributed by atoms with van der Waals surface area (Å²) in [5.41, 5.74) is 4.39. The highest BCUT2D eigenvalue weighted by Crippen LogP contribution is 2.20. The zero-order chi connectivity index (χ0) is 27.8. The van der Waals surface area contributed by atoms with Crippen molar-refractivity contribution in [2.45, 2.75) is 61.1 Å². The van der Waals surface area contributed by atoms with Crippen LogP contribution in [0.15, 0.2) is 82.6 Å². The Kier molecular flexibility index (Phi) is 11.3. The van der Waals surface area contributed by atoms with Crippen molar-refractivity contribution < 1.29 is 16.8 Å². The van der Waals surface area contributed by atoms with Gasteiger partial charge in [-0.3, -0.25) is 0 Å². The predicted octanol–water partition coefficient (Wildman–Crippen LogP) is 5.50. The van der Waals surface area contributed by atoms with Crippen molar-refractivity contribution in [3.8, 4) is 0 Å². The fraction of sp³-hybridized carbons (Fsp3) is 0.357. The average molecular weight is 593 g/mol. The lowest BCUT2D eigenvalue weighted by atomic mass is 10.2. The standard InChI is InChI=1S/C28H36N2O4S4/c1-21-8-12-27(13-9-21)37(31,32)29-23(3)17-35-19-25-6-5-7-26(16-25)20-36-18-24(4)30-38(33,34)28-14-10-22(2)11-15-28/h5-16,23-24,29-30H,17-20H2,1-4H3/t23-,24-/m1/s1. The Balaban J connectivity index is 1.42. The van der Waals surface area contributed by atoms with Crippen LogP contribution >= 0.6 is 23.5 Å². The minimum atomic E-state index is -3.53. The van der Waals surface area contributed by atoms with Crippen LogP contribution in [0.2, 0.25) is 0 Å². The van der Waals surface area contributed by atoms with Crippen LogP contribution in [0.1, 0.15) is 36.1 Å². The molecule has 2 atom stereocenters. The van der Waals surface area contributed by atoms with Gasteiger partial charge in [-0.05, 0) is 63.1 Å². The quantitative estimate of drug-likeness (QED) is 0.257. The maximum atomic E-state index is 12.6. The van der Waals surface area contributed by atoms with Crippen LogP contribution in [0.5, 0.6) is 0 Å². The van der Waals surface area contributed by atoms with E-state index in [0.29, 0.717) is 11.5 Å². The van der Waals surface area contributed by atoms with Gasteiger partial charge in [0.05, 0.1) is 9.79 Å². The van der Waals surface area contributed by atoms with Crippen LogP contribution in [0.4, 0.5) is 0 Å². The van der Waals surface area contributed by atoms with Crippen LogP contribution < -0.4 is 9.44 Å². The SMILES string of the molecule is Cc1ccc(S(=O)(=O)N[C@H](C)CSCc2cccc(CSC[C@@H](C)NS(=O)(=O)c3ccc(C)cc3)c2)cc1. The van der Waals surface area contributed by atoms with E-state index in [1.807, 2.05) is 33.8 Å². The summed E-state index contributed by atoms with van der Waals surface area (Å²) in [6.45, 7) is 7.60. The van der Waals surface area contributed by atoms with Gasteiger partial charge in [-0.25, -0.2) is 26.3 Å². The summed E-state index contributed by atoms with van der Waals surface area (Å²) in [4.78, 5) is 0.560. The molecule has 0 heterocycles. The Morgan fingerprint density at radius 1 is 0.632 bits per heavy atom. The van der Waals surface area contributed by atoms with Gasteiger partial charge in [-0.2, -0.15) is 23.5 Å². The van der Waals surface area contributed by atoms with Gasteiger partial charge in [-0.1, -0.05) is 59.7 Å². The molecule has 0 bridgehead atoms. The van der Waals surface area contributed by atoms with Gasteiger partial charge in [-0.15, -0.1) is 0 Å². The molecule has 0 spiro atoms. The second-order valence-corrected chi connectivity index (χ2v) is 15.0. The number of rotatable bonds is 14. The third-order valence-electron chi connectivity index (χ3n) is 5.64. The first-order valence-corrected chi connectivity index (χ1v) is 17.6. The number of nitrogens with one attached hydrogen (secondary N) is 2. The van der Waals surface area contributed by atoms with Crippen molar-refractivity contribution >= 4 is 43.6 Å². The molecule has 0 amide bonds. The van der Waals surface area contributed by atoms with E-state index >= 15 is 0 Å². The van der Waals surface area contributed by atoms with Gasteiger partial charge in [0.25, 0.3) is 0 Å². The van der Waals surface area contributed by atoms with E-state index in [9.17, 15) is 16.8 Å². The largest absolute Gasteiger partial charge is 0.240 e. The molecule has 0 aliphatic carbocycles. The van der Waals surface area contributed by atoms with E-state index in [4.69, 9.17) is 0 Å². The van der Waals surface area contributed by atoms with E-state index in [-0.39, 0.29) is 21.9 Å². The van der Waals surface area contributed by atoms with Crippen LogP contribution in [-0.2, 0) is 31.6 Å². The van der Waals surface area contributed by atoms with Crippen LogP contribution in [0.25, 0.3) is 0 Å². The summed E-state index contributed by atoms with van der Waals surface area (Å²) in [7, 11) is -7.07. The highest BCUT2D eigenvalue weighted by atomic mass is 32.2. The normalized spacial score (nSPS) is 13.8. The number of hydrogen-bond donors (Lipinski definition) is 2. The fourth-order valence-electron chi connectivity index (χ4n) is 3.69. The van der Waals surface area contributed by atoms with E-state index < -0.39 is 20.0 Å². The zero-order valence-corrected chi connectivity index (χ0v) is 25.4. The number of aryl methyl sites for hydroxylation is 2. The summed E-state index contributed by atoms with van der Waals surface area (Å²) in [5, 5.41) is 0. The minimum Gasteiger partial charge on any atom is -0.208 e. The predicted molar refractivity (Wildman–Crippen MR) is 161 cm³/mol. The lowest BCUT2D eigenvalue weighted by Gasteiger charge is -2.15. The average Bonchev–Trinajstić information content (AvgIpc) is 2.84. The molecule has 0 radical (unpaired) electrons. The van der Waals surface area contributed by atoms with Gasteiger partial charge in [0.15, 0.2) is 0 Å². The number of benzene rings is 3. The maximum Gasteiger partial charge on any atom is 0.240 e. The van der Waals surface area contributed by atoms with Crippen molar-refractivity contribution in [2.24, 2.45) is 0 Å². The molecule has 10 heteroatoms. The van der Waals surface area contributed by atoms with Crippen LogP contribution in [0, 0.1) is 13.8 Å². The highest BCUT2D eigenvalue weighted by Gasteiger charge is 2.18. The van der Waals surface area contributed by atoms with Gasteiger partial charge in [0.1, 0.15) is 0 Å². The van der Waals surface area contributed by atoms with E-state index in [2.05, 4.69) is 27.6 Å². The third kappa shape index (κ3) is 9.73. The molecule has 0 aliphatic heterocycles. The Morgan fingerprint density at radius 2 is 1.00 bits per heavy atom. The summed E-state index contributed by atoms with van der Waals surface area (Å²) >= 11 is 3.37. The first-order chi connectivity index (χ1) is 17.9. The molecule has 6 nitrogen and oxygen atoms in total. The molecular weight excluding hydrogens is 557 g/mol. The molecule has 206 valence electrons. The third-order valence-corrected chi connectivity index (χ3v) is 11.4. The second-order valence-electron chi connectivity index (χ2n) is 9.52. The molecule has 38 heavy (non-hydrogen) atoms. The number of sulfonamides is 2. The summed E-state index contributed by atoms with van der Waals surface area (Å²) < 4.78 is 55.8. The minimum absolute atomic E-state index is 0.199. The Morgan fingerprint density at radius 3 is 1.37 bits per heavy atom. The lowest BCUT2D eigenvalue weighted by Crippen LogP contribution is -2.34. The topological polar surface area (TPSA) is 92.3 Å². The molecule has 0 aliphatic rings. The van der Waals surface area contributed by atoms with Gasteiger partial charge in [0, 0.05) is 35.1 Å². The molecule has 0 saturated heterocycles. The first-order valence-electron chi connectivity index (χ1n) is 12.4. The zero-order valence-electron chi connectivity index (χ0n) is 22.2. The van der Waals surface area contributed by atoms with Crippen molar-refractivity contribution in [1.82, 2.24) is 9.44 Å². The number of hydrogen-bond acceptors (Lipinski definition) is 6. The summed E-state index contributed by atoms with van der Waals surface area (Å²) in [6.07, 6.45) is 0. The molecule has 3 aromatic rings. The highest BCUT2D eigenvalue weighted by molar-refractivity contribution is 7.98. The van der Waals surface area contributed by atoms with Crippen molar-refractivity contribution in [2.75, 3.05) is 11.5 Å². The maximum absolute atomic E-state index is 12.6. The lowest BCUT2D eigenvalue weighted by molar-refractivity contribution is 0.569. The van der Waals surface area contributed by atoms with Gasteiger partial charge < -0.3 is 0 Å². The Bertz CT molecular complexity index is 1290. The second kappa shape index (κ2) is 14.0. The molecule has 2 N–H and O–H groups in total. The number of thioether (sulfide) groups is 2. The molecule has 0 fully saturated rings. The fourth-order valence-corrected chi connectivity index (χ4v) is 8.32. The van der Waals surface area contributed by atoms with Crippen molar-refractivity contribution in [1.29, 1.82) is 0 Å². The van der Waals surface area contributed by atoms with Gasteiger partial charge in [0.2, 0.25) is 20.0 Å². The first kappa shape index (κ1) is 30.7. The van der Waals surface area contributed by atoms with E-state index in [1.165, 1.54) is 11.1 Å². The molecule has 0 saturated carbocycles. The van der Waals surface area contributed by atoms with Crippen LogP contribution in [0.3, 0.4) is 0 Å². The van der Waals surface area contributed by atoms with Gasteiger partial charge >= 0.3 is 0 Å². The Hall–Kier alpha value is -1.82. The summed E-state index contributed by atoms with van der Waals surface area (Å²) in [6, 6.07) is 21.6. The van der Waals surface area contributed by atoms with Crippen LogP contribution in [-0.4, -0.2) is 40.4 Å². The van der Waals surface area contributed by atoms with Crippen molar-refractivity contribution in [3.63, 3.8) is 0 Å². The monoisotopic (exact) mass is 592 g/mol. The van der Waals surface area contributed by atoms with Crippen molar-refractivity contribution in [3.05, 3.63) is 95.1 Å². The van der Waals surface area contributed by atoms with E-state index in [0.717, 1.165) is 22.6 Å². The summed E-state index contributed by atoms with van der Waals surface area (Å²) in [5.74, 6) is 2.87. The molecule has 0 aromatic heterocycles. The van der Waals surface area contributed by atoms with E-state index in [1.54, 1.807) is 72.1 Å². The Labute approximate surface area is 236 Å². The molecule has 3 aromatic carbocycles. The molecule has 0 unspecified atom stereocenters. The molecule has 3 rings (SSSR count). The smallest absolute Gasteiger partial charge is 0.208 e. The molecular formula is C28H36N2O4S4.